The summed E-state index contributed by atoms with van der Waals surface area (Å²) in [6.45, 7) is 8.72. The first kappa shape index (κ1) is 18.2. The fourth-order valence-electron chi connectivity index (χ4n) is 3.33. The quantitative estimate of drug-likeness (QED) is 0.873. The van der Waals surface area contributed by atoms with Crippen molar-refractivity contribution in [3.63, 3.8) is 0 Å². The lowest BCUT2D eigenvalue weighted by Crippen LogP contribution is -2.44. The van der Waals surface area contributed by atoms with E-state index in [9.17, 15) is 4.79 Å². The molecular weight excluding hydrogens is 330 g/mol. The number of nitrogens with one attached hydrogen (secondary N) is 1. The van der Waals surface area contributed by atoms with Gasteiger partial charge in [-0.15, -0.1) is 11.3 Å². The standard InChI is InChI=1S/C21H27NO2S/c1-20(2,3)17-8-6-16(7-9-17)19(23)22-15-21(10-12-24-13-11-21)18-5-4-14-25-18/h4-9,14H,10-13,15H2,1-3H3,(H,22,23). The van der Waals surface area contributed by atoms with Crippen molar-refractivity contribution in [2.75, 3.05) is 19.8 Å². The highest BCUT2D eigenvalue weighted by atomic mass is 32.1. The van der Waals surface area contributed by atoms with Crippen molar-refractivity contribution in [2.45, 2.75) is 44.4 Å². The van der Waals surface area contributed by atoms with Crippen LogP contribution in [0.1, 0.15) is 54.4 Å². The molecule has 1 aromatic carbocycles. The first-order valence-electron chi connectivity index (χ1n) is 8.91. The minimum absolute atomic E-state index is 0.00267. The minimum Gasteiger partial charge on any atom is -0.381 e. The van der Waals surface area contributed by atoms with Crippen LogP contribution in [0.25, 0.3) is 0 Å². The number of benzene rings is 1. The van der Waals surface area contributed by atoms with Gasteiger partial charge < -0.3 is 10.1 Å². The molecule has 1 saturated heterocycles. The number of carbonyl (C=O) groups is 1. The predicted octanol–water partition coefficient (Wildman–Crippen LogP) is 4.52. The summed E-state index contributed by atoms with van der Waals surface area (Å²) in [5.74, 6) is 0.00267. The van der Waals surface area contributed by atoms with Crippen molar-refractivity contribution in [3.05, 3.63) is 57.8 Å². The number of ether oxygens (including phenoxy) is 1. The third-order valence-corrected chi connectivity index (χ3v) is 6.21. The van der Waals surface area contributed by atoms with Crippen molar-refractivity contribution < 1.29 is 9.53 Å². The van der Waals surface area contributed by atoms with E-state index in [1.807, 2.05) is 12.1 Å². The Hall–Kier alpha value is -1.65. The van der Waals surface area contributed by atoms with Crippen molar-refractivity contribution in [1.82, 2.24) is 5.32 Å². The maximum Gasteiger partial charge on any atom is 0.251 e. The molecule has 0 saturated carbocycles. The molecule has 1 fully saturated rings. The van der Waals surface area contributed by atoms with Crippen LogP contribution in [0.3, 0.4) is 0 Å². The Labute approximate surface area is 154 Å². The Bertz CT molecular complexity index is 692. The molecule has 25 heavy (non-hydrogen) atoms. The highest BCUT2D eigenvalue weighted by Gasteiger charge is 2.35. The second-order valence-electron chi connectivity index (χ2n) is 7.88. The lowest BCUT2D eigenvalue weighted by atomic mass is 9.78. The van der Waals surface area contributed by atoms with Gasteiger partial charge in [0.05, 0.1) is 0 Å². The first-order valence-corrected chi connectivity index (χ1v) is 9.79. The SMILES string of the molecule is CC(C)(C)c1ccc(C(=O)NCC2(c3cccs3)CCOCC2)cc1. The molecule has 0 radical (unpaired) electrons. The average molecular weight is 358 g/mol. The van der Waals surface area contributed by atoms with E-state index in [-0.39, 0.29) is 16.7 Å². The zero-order valence-corrected chi connectivity index (χ0v) is 16.1. The maximum atomic E-state index is 12.6. The van der Waals surface area contributed by atoms with Crippen LogP contribution in [0.4, 0.5) is 0 Å². The number of thiophene rings is 1. The summed E-state index contributed by atoms with van der Waals surface area (Å²) < 4.78 is 5.55. The summed E-state index contributed by atoms with van der Waals surface area (Å²) in [5.41, 5.74) is 2.07. The van der Waals surface area contributed by atoms with E-state index >= 15 is 0 Å². The molecule has 0 bridgehead atoms. The Kier molecular flexibility index (Phi) is 5.30. The number of amides is 1. The first-order chi connectivity index (χ1) is 11.9. The van der Waals surface area contributed by atoms with Crippen LogP contribution in [0, 0.1) is 0 Å². The van der Waals surface area contributed by atoms with Crippen LogP contribution in [0.5, 0.6) is 0 Å². The van der Waals surface area contributed by atoms with Gasteiger partial charge >= 0.3 is 0 Å². The minimum atomic E-state index is 0.00267. The van der Waals surface area contributed by atoms with Gasteiger partial charge in [0.25, 0.3) is 5.91 Å². The van der Waals surface area contributed by atoms with Gasteiger partial charge in [-0.3, -0.25) is 4.79 Å². The molecule has 2 heterocycles. The maximum absolute atomic E-state index is 12.6. The molecule has 134 valence electrons. The van der Waals surface area contributed by atoms with E-state index in [0.29, 0.717) is 6.54 Å². The lowest BCUT2D eigenvalue weighted by molar-refractivity contribution is 0.0499. The number of carbonyl (C=O) groups excluding carboxylic acids is 1. The van der Waals surface area contributed by atoms with Crippen molar-refractivity contribution in [3.8, 4) is 0 Å². The number of hydrogen-bond acceptors (Lipinski definition) is 3. The van der Waals surface area contributed by atoms with Gasteiger partial charge in [-0.2, -0.15) is 0 Å². The normalized spacial score (nSPS) is 17.2. The van der Waals surface area contributed by atoms with Gasteiger partial charge in [-0.05, 0) is 47.4 Å². The molecule has 0 unspecified atom stereocenters. The Balaban J connectivity index is 1.70. The molecular formula is C21H27NO2S. The van der Waals surface area contributed by atoms with E-state index in [1.165, 1.54) is 10.4 Å². The topological polar surface area (TPSA) is 38.3 Å². The second kappa shape index (κ2) is 7.30. The van der Waals surface area contributed by atoms with E-state index in [4.69, 9.17) is 4.74 Å². The summed E-state index contributed by atoms with van der Waals surface area (Å²) >= 11 is 1.77. The Morgan fingerprint density at radius 1 is 1.16 bits per heavy atom. The molecule has 3 nitrogen and oxygen atoms in total. The molecule has 2 aromatic rings. The molecule has 4 heteroatoms. The van der Waals surface area contributed by atoms with Crippen molar-refractivity contribution in [2.24, 2.45) is 0 Å². The van der Waals surface area contributed by atoms with Crippen LogP contribution in [-0.4, -0.2) is 25.7 Å². The average Bonchev–Trinajstić information content (AvgIpc) is 3.15. The van der Waals surface area contributed by atoms with E-state index in [2.05, 4.69) is 55.7 Å². The summed E-state index contributed by atoms with van der Waals surface area (Å²) in [4.78, 5) is 14.0. The predicted molar refractivity (Wildman–Crippen MR) is 104 cm³/mol. The van der Waals surface area contributed by atoms with Gasteiger partial charge in [0.1, 0.15) is 0 Å². The van der Waals surface area contributed by atoms with Gasteiger partial charge in [-0.1, -0.05) is 39.0 Å². The summed E-state index contributed by atoms with van der Waals surface area (Å²) in [6, 6.07) is 12.2. The van der Waals surface area contributed by atoms with Crippen LogP contribution in [-0.2, 0) is 15.6 Å². The van der Waals surface area contributed by atoms with Crippen LogP contribution >= 0.6 is 11.3 Å². The van der Waals surface area contributed by atoms with Crippen LogP contribution < -0.4 is 5.32 Å². The third kappa shape index (κ3) is 4.13. The van der Waals surface area contributed by atoms with Crippen LogP contribution in [0.2, 0.25) is 0 Å². The third-order valence-electron chi connectivity index (χ3n) is 5.09. The monoisotopic (exact) mass is 357 g/mol. The summed E-state index contributed by atoms with van der Waals surface area (Å²) in [7, 11) is 0. The van der Waals surface area contributed by atoms with Gasteiger partial charge in [-0.25, -0.2) is 0 Å². The Morgan fingerprint density at radius 2 is 1.84 bits per heavy atom. The molecule has 1 N–H and O–H groups in total. The summed E-state index contributed by atoms with van der Waals surface area (Å²) in [6.07, 6.45) is 1.91. The summed E-state index contributed by atoms with van der Waals surface area (Å²) in [5, 5.41) is 5.28. The van der Waals surface area contributed by atoms with Crippen LogP contribution in [0.15, 0.2) is 41.8 Å². The van der Waals surface area contributed by atoms with E-state index in [1.54, 1.807) is 11.3 Å². The molecule has 0 spiro atoms. The largest absolute Gasteiger partial charge is 0.381 e. The smallest absolute Gasteiger partial charge is 0.251 e. The van der Waals surface area contributed by atoms with Gasteiger partial charge in [0, 0.05) is 35.6 Å². The van der Waals surface area contributed by atoms with Gasteiger partial charge in [0.15, 0.2) is 0 Å². The van der Waals surface area contributed by atoms with E-state index < -0.39 is 0 Å². The molecule has 1 aliphatic heterocycles. The molecule has 0 atom stereocenters. The van der Waals surface area contributed by atoms with Gasteiger partial charge in [0.2, 0.25) is 0 Å². The second-order valence-corrected chi connectivity index (χ2v) is 8.83. The number of hydrogen-bond donors (Lipinski definition) is 1. The molecule has 0 aliphatic carbocycles. The lowest BCUT2D eigenvalue weighted by Gasteiger charge is -2.36. The number of rotatable bonds is 4. The highest BCUT2D eigenvalue weighted by molar-refractivity contribution is 7.10. The Morgan fingerprint density at radius 3 is 2.40 bits per heavy atom. The fourth-order valence-corrected chi connectivity index (χ4v) is 4.31. The molecule has 1 amide bonds. The zero-order chi connectivity index (χ0) is 17.9. The zero-order valence-electron chi connectivity index (χ0n) is 15.3. The molecule has 1 aliphatic rings. The molecule has 3 rings (SSSR count). The fraction of sp³-hybridized carbons (Fsp3) is 0.476. The highest BCUT2D eigenvalue weighted by Crippen LogP contribution is 2.37. The molecule has 1 aromatic heterocycles. The van der Waals surface area contributed by atoms with Crippen molar-refractivity contribution >= 4 is 17.2 Å². The van der Waals surface area contributed by atoms with Crippen molar-refractivity contribution in [1.29, 1.82) is 0 Å². The van der Waals surface area contributed by atoms with E-state index in [0.717, 1.165) is 31.6 Å².